The highest BCUT2D eigenvalue weighted by Crippen LogP contribution is 2.19. The normalized spacial score (nSPS) is 12.6. The maximum absolute atomic E-state index is 12.5. The van der Waals surface area contributed by atoms with Crippen LogP contribution in [0.5, 0.6) is 0 Å². The van der Waals surface area contributed by atoms with E-state index in [1.165, 1.54) is 327 Å². The molecule has 0 rings (SSSR count). The van der Waals surface area contributed by atoms with E-state index in [1.54, 1.807) is 6.08 Å². The Kier molecular flexibility index (Phi) is 66.4. The van der Waals surface area contributed by atoms with E-state index in [1.807, 2.05) is 6.08 Å². The predicted molar refractivity (Wildman–Crippen MR) is 343 cm³/mol. The fourth-order valence-electron chi connectivity index (χ4n) is 11.3. The molecule has 78 heavy (non-hydrogen) atoms. The van der Waals surface area contributed by atoms with Crippen LogP contribution in [0, 0.1) is 0 Å². The Labute approximate surface area is 488 Å². The highest BCUT2D eigenvalue weighted by Gasteiger charge is 2.18. The minimum atomic E-state index is -0.851. The largest absolute Gasteiger partial charge is 0.466 e. The molecule has 0 aromatic rings. The van der Waals surface area contributed by atoms with Crippen molar-refractivity contribution >= 4 is 11.9 Å². The van der Waals surface area contributed by atoms with Gasteiger partial charge in [-0.05, 0) is 57.8 Å². The van der Waals surface area contributed by atoms with Crippen molar-refractivity contribution in [2.45, 2.75) is 411 Å². The van der Waals surface area contributed by atoms with Crippen molar-refractivity contribution in [2.24, 2.45) is 0 Å². The van der Waals surface area contributed by atoms with Gasteiger partial charge in [0.1, 0.15) is 0 Å². The molecule has 2 unspecified atom stereocenters. The van der Waals surface area contributed by atoms with E-state index in [9.17, 15) is 19.8 Å². The van der Waals surface area contributed by atoms with Crippen LogP contribution in [-0.2, 0) is 14.3 Å². The van der Waals surface area contributed by atoms with Crippen LogP contribution in [0.25, 0.3) is 0 Å². The van der Waals surface area contributed by atoms with E-state index >= 15 is 0 Å². The van der Waals surface area contributed by atoms with Gasteiger partial charge in [-0.1, -0.05) is 353 Å². The molecule has 2 atom stereocenters. The second-order valence-corrected chi connectivity index (χ2v) is 24.6. The third-order valence-electron chi connectivity index (χ3n) is 16.7. The summed E-state index contributed by atoms with van der Waals surface area (Å²) < 4.78 is 5.51. The van der Waals surface area contributed by atoms with Gasteiger partial charge in [0.15, 0.2) is 0 Å². The first-order valence-corrected chi connectivity index (χ1v) is 35.6. The Balaban J connectivity index is 3.43. The average molecular weight is 1100 g/mol. The molecule has 462 valence electrons. The number of rotatable bonds is 67. The maximum atomic E-state index is 12.5. The monoisotopic (exact) mass is 1100 g/mol. The summed E-state index contributed by atoms with van der Waals surface area (Å²) in [5, 5.41) is 23.2. The van der Waals surface area contributed by atoms with Gasteiger partial charge in [0.2, 0.25) is 5.91 Å². The second-order valence-electron chi connectivity index (χ2n) is 24.6. The molecule has 0 aliphatic rings. The van der Waals surface area contributed by atoms with Crippen LogP contribution in [0.2, 0.25) is 0 Å². The van der Waals surface area contributed by atoms with Crippen LogP contribution in [0.1, 0.15) is 399 Å². The van der Waals surface area contributed by atoms with Crippen molar-refractivity contribution in [1.82, 2.24) is 5.32 Å². The molecule has 0 bridgehead atoms. The molecule has 0 aromatic carbocycles. The number of carbonyl (C=O) groups is 2. The van der Waals surface area contributed by atoms with Gasteiger partial charge in [-0.3, -0.25) is 9.59 Å². The van der Waals surface area contributed by atoms with Gasteiger partial charge >= 0.3 is 5.97 Å². The Hall–Kier alpha value is -1.66. The zero-order valence-electron chi connectivity index (χ0n) is 52.9. The number of amides is 1. The summed E-state index contributed by atoms with van der Waals surface area (Å²) in [5.74, 6) is -0.0586. The zero-order valence-corrected chi connectivity index (χ0v) is 52.9. The number of ether oxygens (including phenoxy) is 1. The highest BCUT2D eigenvalue weighted by molar-refractivity contribution is 5.76. The molecule has 0 aliphatic heterocycles. The molecule has 1 amide bonds. The number of aliphatic hydroxyl groups excluding tert-OH is 2. The van der Waals surface area contributed by atoms with Gasteiger partial charge in [0.05, 0.1) is 25.4 Å². The molecule has 0 aromatic heterocycles. The van der Waals surface area contributed by atoms with Crippen LogP contribution >= 0.6 is 0 Å². The van der Waals surface area contributed by atoms with Crippen molar-refractivity contribution in [3.63, 3.8) is 0 Å². The van der Waals surface area contributed by atoms with Gasteiger partial charge in [0.25, 0.3) is 0 Å². The van der Waals surface area contributed by atoms with Crippen LogP contribution in [-0.4, -0.2) is 47.4 Å². The lowest BCUT2D eigenvalue weighted by Crippen LogP contribution is -2.45. The third kappa shape index (κ3) is 63.5. The molecule has 0 heterocycles. The van der Waals surface area contributed by atoms with E-state index in [4.69, 9.17) is 4.74 Å². The van der Waals surface area contributed by atoms with Crippen molar-refractivity contribution in [2.75, 3.05) is 13.2 Å². The Morgan fingerprint density at radius 3 is 0.910 bits per heavy atom. The van der Waals surface area contributed by atoms with Crippen LogP contribution in [0.15, 0.2) is 24.3 Å². The molecule has 0 aliphatic carbocycles. The molecule has 6 nitrogen and oxygen atoms in total. The molecule has 0 spiro atoms. The smallest absolute Gasteiger partial charge is 0.305 e. The lowest BCUT2D eigenvalue weighted by molar-refractivity contribution is -0.143. The first kappa shape index (κ1) is 76.3. The summed E-state index contributed by atoms with van der Waals surface area (Å²) in [5.41, 5.74) is 0. The standard InChI is InChI=1S/C72H139NO5/c1-3-5-7-9-11-13-15-17-19-21-23-24-26-29-32-36-40-44-48-52-56-60-64-70(75)69(68-74)73-71(76)65-61-57-53-49-45-41-37-33-30-27-25-28-31-35-39-43-47-51-55-59-63-67-78-72(77)66-62-58-54-50-46-42-38-34-22-20-18-16-14-12-10-8-6-4-2/h27,30,60,64,69-70,74-75H,3-26,28-29,31-59,61-63,65-68H2,1-2H3,(H,73,76)/b30-27-,64-60+. The average Bonchev–Trinajstić information content (AvgIpc) is 3.44. The lowest BCUT2D eigenvalue weighted by Gasteiger charge is -2.20. The van der Waals surface area contributed by atoms with E-state index < -0.39 is 12.1 Å². The van der Waals surface area contributed by atoms with Crippen molar-refractivity contribution in [1.29, 1.82) is 0 Å². The van der Waals surface area contributed by atoms with Crippen molar-refractivity contribution < 1.29 is 24.5 Å². The SMILES string of the molecule is CCCCCCCCCCCCCCCCCCCCCC/C=C/C(O)C(CO)NC(=O)CCCCCCCCC/C=C\CCCCCCCCCCCCOC(=O)CCCCCCCCCCCCCCCCCCCC. The molecule has 0 fully saturated rings. The van der Waals surface area contributed by atoms with Crippen LogP contribution < -0.4 is 5.32 Å². The quantitative estimate of drug-likeness (QED) is 0.0320. The second kappa shape index (κ2) is 67.8. The van der Waals surface area contributed by atoms with E-state index in [2.05, 4.69) is 31.3 Å². The maximum Gasteiger partial charge on any atom is 0.305 e. The van der Waals surface area contributed by atoms with Crippen LogP contribution in [0.4, 0.5) is 0 Å². The number of carbonyl (C=O) groups excluding carboxylic acids is 2. The first-order chi connectivity index (χ1) is 38.5. The number of unbranched alkanes of at least 4 members (excludes halogenated alkanes) is 54. The topological polar surface area (TPSA) is 95.9 Å². The van der Waals surface area contributed by atoms with Gasteiger partial charge in [-0.15, -0.1) is 0 Å². The number of hydrogen-bond acceptors (Lipinski definition) is 5. The number of nitrogens with one attached hydrogen (secondary N) is 1. The number of hydrogen-bond donors (Lipinski definition) is 3. The summed E-state index contributed by atoms with van der Waals surface area (Å²) in [4.78, 5) is 24.6. The summed E-state index contributed by atoms with van der Waals surface area (Å²) >= 11 is 0. The van der Waals surface area contributed by atoms with E-state index in [0.717, 1.165) is 44.9 Å². The van der Waals surface area contributed by atoms with Gasteiger partial charge < -0.3 is 20.3 Å². The lowest BCUT2D eigenvalue weighted by atomic mass is 10.0. The summed E-state index contributed by atoms with van der Waals surface area (Å²) in [7, 11) is 0. The highest BCUT2D eigenvalue weighted by atomic mass is 16.5. The van der Waals surface area contributed by atoms with Crippen molar-refractivity contribution in [3.05, 3.63) is 24.3 Å². The Morgan fingerprint density at radius 2 is 0.603 bits per heavy atom. The third-order valence-corrected chi connectivity index (χ3v) is 16.7. The summed E-state index contributed by atoms with van der Waals surface area (Å²) in [6, 6.07) is -0.635. The molecule has 6 heteroatoms. The van der Waals surface area contributed by atoms with E-state index in [0.29, 0.717) is 19.4 Å². The fourth-order valence-corrected chi connectivity index (χ4v) is 11.3. The molecule has 0 saturated carbocycles. The summed E-state index contributed by atoms with van der Waals surface area (Å²) in [6.07, 6.45) is 85.4. The fraction of sp³-hybridized carbons (Fsp3) is 0.917. The molecular weight excluding hydrogens is 959 g/mol. The van der Waals surface area contributed by atoms with E-state index in [-0.39, 0.29) is 18.5 Å². The van der Waals surface area contributed by atoms with Gasteiger partial charge in [-0.25, -0.2) is 0 Å². The first-order valence-electron chi connectivity index (χ1n) is 35.6. The zero-order chi connectivity index (χ0) is 56.4. The molecule has 0 saturated heterocycles. The number of aliphatic hydroxyl groups is 2. The molecular formula is C72H139NO5. The Bertz CT molecular complexity index is 1220. The minimum absolute atomic E-state index is 0.0129. The van der Waals surface area contributed by atoms with Gasteiger partial charge in [0, 0.05) is 12.8 Å². The Morgan fingerprint density at radius 1 is 0.346 bits per heavy atom. The van der Waals surface area contributed by atoms with Gasteiger partial charge in [-0.2, -0.15) is 0 Å². The van der Waals surface area contributed by atoms with Crippen LogP contribution in [0.3, 0.4) is 0 Å². The predicted octanol–water partition coefficient (Wildman–Crippen LogP) is 22.9. The number of esters is 1. The number of allylic oxidation sites excluding steroid dienone is 3. The minimum Gasteiger partial charge on any atom is -0.466 e. The molecule has 0 radical (unpaired) electrons. The van der Waals surface area contributed by atoms with Crippen molar-refractivity contribution in [3.8, 4) is 0 Å². The molecule has 3 N–H and O–H groups in total. The summed E-state index contributed by atoms with van der Waals surface area (Å²) in [6.45, 7) is 4.94.